The first-order valence-corrected chi connectivity index (χ1v) is 7.35. The zero-order valence-electron chi connectivity index (χ0n) is 12.6. The molecule has 108 valence electrons. The van der Waals surface area contributed by atoms with Crippen molar-refractivity contribution in [3.05, 3.63) is 18.0 Å². The summed E-state index contributed by atoms with van der Waals surface area (Å²) in [5, 5.41) is 18.3. The lowest BCUT2D eigenvalue weighted by atomic mass is 9.78. The molecule has 0 radical (unpaired) electrons. The van der Waals surface area contributed by atoms with Crippen LogP contribution in [0.3, 0.4) is 0 Å². The first-order valence-electron chi connectivity index (χ1n) is 7.35. The van der Waals surface area contributed by atoms with Gasteiger partial charge in [0.25, 0.3) is 0 Å². The molecule has 0 aliphatic heterocycles. The molecule has 0 amide bonds. The predicted molar refractivity (Wildman–Crippen MR) is 76.7 cm³/mol. The van der Waals surface area contributed by atoms with E-state index in [1.807, 2.05) is 20.2 Å². The summed E-state index contributed by atoms with van der Waals surface area (Å²) >= 11 is 0. The van der Waals surface area contributed by atoms with Crippen LogP contribution in [0, 0.1) is 11.8 Å². The van der Waals surface area contributed by atoms with Crippen molar-refractivity contribution in [3.63, 3.8) is 0 Å². The monoisotopic (exact) mass is 265 g/mol. The Morgan fingerprint density at radius 2 is 2.21 bits per heavy atom. The van der Waals surface area contributed by atoms with Crippen LogP contribution in [0.15, 0.2) is 12.4 Å². The second-order valence-electron chi connectivity index (χ2n) is 6.43. The third-order valence-electron chi connectivity index (χ3n) is 4.74. The second-order valence-corrected chi connectivity index (χ2v) is 6.43. The van der Waals surface area contributed by atoms with Crippen LogP contribution in [0.25, 0.3) is 0 Å². The maximum atomic E-state index is 10.6. The van der Waals surface area contributed by atoms with Crippen molar-refractivity contribution in [2.75, 3.05) is 6.54 Å². The van der Waals surface area contributed by atoms with Crippen molar-refractivity contribution in [3.8, 4) is 0 Å². The number of aryl methyl sites for hydroxylation is 1. The van der Waals surface area contributed by atoms with Gasteiger partial charge in [-0.25, -0.2) is 0 Å². The molecule has 2 N–H and O–H groups in total. The fraction of sp³-hybridized carbons (Fsp3) is 0.800. The summed E-state index contributed by atoms with van der Waals surface area (Å²) in [4.78, 5) is 0. The van der Waals surface area contributed by atoms with Crippen LogP contribution < -0.4 is 5.32 Å². The third kappa shape index (κ3) is 3.37. The molecule has 4 nitrogen and oxygen atoms in total. The van der Waals surface area contributed by atoms with Crippen molar-refractivity contribution in [2.24, 2.45) is 18.9 Å². The average molecular weight is 265 g/mol. The summed E-state index contributed by atoms with van der Waals surface area (Å²) in [6.45, 7) is 7.09. The van der Waals surface area contributed by atoms with E-state index in [1.54, 1.807) is 10.9 Å². The molecule has 4 atom stereocenters. The smallest absolute Gasteiger partial charge is 0.102 e. The van der Waals surface area contributed by atoms with Gasteiger partial charge in [-0.05, 0) is 25.2 Å². The second kappa shape index (κ2) is 5.63. The van der Waals surface area contributed by atoms with E-state index in [-0.39, 0.29) is 0 Å². The van der Waals surface area contributed by atoms with Gasteiger partial charge in [-0.2, -0.15) is 5.10 Å². The Morgan fingerprint density at radius 3 is 2.84 bits per heavy atom. The maximum Gasteiger partial charge on any atom is 0.102 e. The van der Waals surface area contributed by atoms with Crippen LogP contribution in [0.1, 0.15) is 45.6 Å². The van der Waals surface area contributed by atoms with E-state index in [0.29, 0.717) is 18.5 Å². The van der Waals surface area contributed by atoms with Gasteiger partial charge in [-0.3, -0.25) is 4.68 Å². The molecular weight excluding hydrogens is 238 g/mol. The minimum Gasteiger partial charge on any atom is -0.384 e. The first kappa shape index (κ1) is 14.5. The van der Waals surface area contributed by atoms with Gasteiger partial charge in [0.05, 0.1) is 6.20 Å². The highest BCUT2D eigenvalue weighted by Crippen LogP contribution is 2.30. The Kier molecular flexibility index (Phi) is 4.31. The highest BCUT2D eigenvalue weighted by Gasteiger charge is 2.30. The van der Waals surface area contributed by atoms with Gasteiger partial charge < -0.3 is 10.4 Å². The molecule has 1 aromatic rings. The molecule has 1 aliphatic rings. The minimum absolute atomic E-state index is 0.520. The van der Waals surface area contributed by atoms with Gasteiger partial charge in [0.15, 0.2) is 0 Å². The van der Waals surface area contributed by atoms with Gasteiger partial charge in [-0.15, -0.1) is 0 Å². The number of aliphatic hydroxyl groups is 1. The standard InChI is InChI=1S/C15H27N3O/c1-11-6-5-7-14(12(11)2)16-10-15(3,19)13-8-17-18(4)9-13/h8-9,11-12,14,16,19H,5-7,10H2,1-4H3/t11-,12+,14+,15+/m1/s1. The van der Waals surface area contributed by atoms with E-state index in [0.717, 1.165) is 11.5 Å². The van der Waals surface area contributed by atoms with E-state index < -0.39 is 5.60 Å². The minimum atomic E-state index is -0.853. The molecule has 0 aromatic carbocycles. The van der Waals surface area contributed by atoms with Crippen molar-refractivity contribution < 1.29 is 5.11 Å². The molecule has 2 rings (SSSR count). The fourth-order valence-corrected chi connectivity index (χ4v) is 3.00. The molecule has 0 bridgehead atoms. The molecule has 0 saturated heterocycles. The zero-order chi connectivity index (χ0) is 14.0. The topological polar surface area (TPSA) is 50.1 Å². The van der Waals surface area contributed by atoms with Crippen LogP contribution in [-0.2, 0) is 12.6 Å². The quantitative estimate of drug-likeness (QED) is 0.876. The molecule has 19 heavy (non-hydrogen) atoms. The lowest BCUT2D eigenvalue weighted by Crippen LogP contribution is -2.46. The normalized spacial score (nSPS) is 31.1. The van der Waals surface area contributed by atoms with E-state index >= 15 is 0 Å². The Bertz CT molecular complexity index is 413. The highest BCUT2D eigenvalue weighted by molar-refractivity contribution is 5.14. The van der Waals surface area contributed by atoms with E-state index in [9.17, 15) is 5.11 Å². The lowest BCUT2D eigenvalue weighted by Gasteiger charge is -2.36. The third-order valence-corrected chi connectivity index (χ3v) is 4.74. The van der Waals surface area contributed by atoms with Crippen molar-refractivity contribution in [2.45, 2.75) is 51.7 Å². The summed E-state index contributed by atoms with van der Waals surface area (Å²) in [7, 11) is 1.87. The number of hydrogen-bond donors (Lipinski definition) is 2. The number of nitrogens with zero attached hydrogens (tertiary/aromatic N) is 2. The summed E-state index contributed by atoms with van der Waals surface area (Å²) in [6.07, 6.45) is 7.47. The molecule has 1 saturated carbocycles. The molecule has 0 unspecified atom stereocenters. The summed E-state index contributed by atoms with van der Waals surface area (Å²) in [5.74, 6) is 1.45. The van der Waals surface area contributed by atoms with Crippen LogP contribution in [0.2, 0.25) is 0 Å². The molecule has 4 heteroatoms. The Balaban J connectivity index is 1.94. The predicted octanol–water partition coefficient (Wildman–Crippen LogP) is 2.04. The van der Waals surface area contributed by atoms with Crippen LogP contribution in [0.5, 0.6) is 0 Å². The average Bonchev–Trinajstić information content (AvgIpc) is 2.79. The molecule has 1 fully saturated rings. The van der Waals surface area contributed by atoms with E-state index in [1.165, 1.54) is 19.3 Å². The Morgan fingerprint density at radius 1 is 1.47 bits per heavy atom. The van der Waals surface area contributed by atoms with Gasteiger partial charge in [0.1, 0.15) is 5.60 Å². The van der Waals surface area contributed by atoms with Crippen molar-refractivity contribution in [1.82, 2.24) is 15.1 Å². The SMILES string of the molecule is C[C@H]1[C@H](C)CCC[C@@H]1NC[C@](C)(O)c1cnn(C)c1. The first-order chi connectivity index (χ1) is 8.90. The molecule has 1 aliphatic carbocycles. The highest BCUT2D eigenvalue weighted by atomic mass is 16.3. The summed E-state index contributed by atoms with van der Waals surface area (Å²) < 4.78 is 1.73. The molecule has 0 spiro atoms. The molecular formula is C15H27N3O. The lowest BCUT2D eigenvalue weighted by molar-refractivity contribution is 0.0468. The number of nitrogens with one attached hydrogen (secondary N) is 1. The molecule has 1 heterocycles. The summed E-state index contributed by atoms with van der Waals surface area (Å²) in [6, 6.07) is 0.520. The molecule has 1 aromatic heterocycles. The van der Waals surface area contributed by atoms with Gasteiger partial charge in [-0.1, -0.05) is 26.7 Å². The van der Waals surface area contributed by atoms with Crippen molar-refractivity contribution in [1.29, 1.82) is 0 Å². The number of rotatable bonds is 4. The fourth-order valence-electron chi connectivity index (χ4n) is 3.00. The summed E-state index contributed by atoms with van der Waals surface area (Å²) in [5.41, 5.74) is 0.0216. The largest absolute Gasteiger partial charge is 0.384 e. The zero-order valence-corrected chi connectivity index (χ0v) is 12.6. The number of hydrogen-bond acceptors (Lipinski definition) is 3. The van der Waals surface area contributed by atoms with Crippen LogP contribution in [0.4, 0.5) is 0 Å². The van der Waals surface area contributed by atoms with Gasteiger partial charge >= 0.3 is 0 Å². The Hall–Kier alpha value is -0.870. The van der Waals surface area contributed by atoms with Crippen LogP contribution in [-0.4, -0.2) is 27.5 Å². The van der Waals surface area contributed by atoms with Gasteiger partial charge in [0.2, 0.25) is 0 Å². The van der Waals surface area contributed by atoms with Crippen LogP contribution >= 0.6 is 0 Å². The number of aromatic nitrogens is 2. The maximum absolute atomic E-state index is 10.6. The van der Waals surface area contributed by atoms with Gasteiger partial charge in [0, 0.05) is 31.4 Å². The Labute approximate surface area is 116 Å². The van der Waals surface area contributed by atoms with E-state index in [2.05, 4.69) is 24.3 Å². The van der Waals surface area contributed by atoms with E-state index in [4.69, 9.17) is 0 Å². The van der Waals surface area contributed by atoms with Crippen molar-refractivity contribution >= 4 is 0 Å².